The molecule has 0 unspecified atom stereocenters. The summed E-state index contributed by atoms with van der Waals surface area (Å²) in [7, 11) is 0. The Kier molecular flexibility index (Phi) is 7.92. The van der Waals surface area contributed by atoms with E-state index in [1.54, 1.807) is 18.2 Å². The first-order chi connectivity index (χ1) is 15.1. The van der Waals surface area contributed by atoms with Crippen LogP contribution in [0.4, 0.5) is 0 Å². The van der Waals surface area contributed by atoms with E-state index in [9.17, 15) is 9.59 Å². The third-order valence-electron chi connectivity index (χ3n) is 5.05. The molecule has 168 valence electrons. The first kappa shape index (κ1) is 22.7. The number of aromatic nitrogens is 2. The first-order valence-corrected chi connectivity index (χ1v) is 11.0. The fourth-order valence-electron chi connectivity index (χ4n) is 3.66. The largest absolute Gasteiger partial charge is 0.490 e. The summed E-state index contributed by atoms with van der Waals surface area (Å²) in [4.78, 5) is 25.1. The summed E-state index contributed by atoms with van der Waals surface area (Å²) >= 11 is 0. The lowest BCUT2D eigenvalue weighted by molar-refractivity contribution is 0.0950. The van der Waals surface area contributed by atoms with E-state index < -0.39 is 0 Å². The molecule has 0 aliphatic heterocycles. The summed E-state index contributed by atoms with van der Waals surface area (Å²) in [5.41, 5.74) is 2.32. The van der Waals surface area contributed by atoms with E-state index in [4.69, 9.17) is 14.2 Å². The van der Waals surface area contributed by atoms with Crippen molar-refractivity contribution >= 4 is 5.91 Å². The van der Waals surface area contributed by atoms with E-state index in [1.807, 2.05) is 20.8 Å². The van der Waals surface area contributed by atoms with E-state index in [0.717, 1.165) is 36.9 Å². The van der Waals surface area contributed by atoms with Gasteiger partial charge in [0.1, 0.15) is 0 Å². The predicted molar refractivity (Wildman–Crippen MR) is 117 cm³/mol. The van der Waals surface area contributed by atoms with Gasteiger partial charge in [-0.2, -0.15) is 5.10 Å². The molecule has 0 atom stereocenters. The summed E-state index contributed by atoms with van der Waals surface area (Å²) in [5, 5.41) is 7.34. The number of amides is 1. The molecule has 0 radical (unpaired) electrons. The van der Waals surface area contributed by atoms with Crippen LogP contribution in [0.25, 0.3) is 0 Å². The van der Waals surface area contributed by atoms with Crippen LogP contribution in [0.15, 0.2) is 23.0 Å². The van der Waals surface area contributed by atoms with Crippen molar-refractivity contribution in [2.45, 2.75) is 53.0 Å². The quantitative estimate of drug-likeness (QED) is 0.624. The van der Waals surface area contributed by atoms with Gasteiger partial charge in [-0.25, -0.2) is 4.68 Å². The zero-order chi connectivity index (χ0) is 22.2. The van der Waals surface area contributed by atoms with E-state index in [0.29, 0.717) is 49.2 Å². The van der Waals surface area contributed by atoms with Gasteiger partial charge in [0.25, 0.3) is 11.5 Å². The molecule has 8 nitrogen and oxygen atoms in total. The van der Waals surface area contributed by atoms with Gasteiger partial charge in [0.05, 0.1) is 32.1 Å². The van der Waals surface area contributed by atoms with Gasteiger partial charge in [0.15, 0.2) is 11.5 Å². The van der Waals surface area contributed by atoms with Crippen molar-refractivity contribution in [3.8, 4) is 17.2 Å². The Balaban J connectivity index is 1.72. The van der Waals surface area contributed by atoms with Gasteiger partial charge in [0, 0.05) is 18.2 Å². The maximum absolute atomic E-state index is 12.8. The number of carbonyl (C=O) groups is 1. The highest BCUT2D eigenvalue weighted by Gasteiger charge is 2.18. The number of nitrogens with zero attached hydrogens (tertiary/aromatic N) is 2. The minimum atomic E-state index is -0.282. The zero-order valence-corrected chi connectivity index (χ0v) is 18.5. The lowest BCUT2D eigenvalue weighted by Crippen LogP contribution is -2.33. The Morgan fingerprint density at radius 1 is 1.00 bits per heavy atom. The molecule has 0 saturated carbocycles. The normalized spacial score (nSPS) is 12.7. The third-order valence-corrected chi connectivity index (χ3v) is 5.05. The highest BCUT2D eigenvalue weighted by molar-refractivity contribution is 5.95. The van der Waals surface area contributed by atoms with Crippen LogP contribution in [0.5, 0.6) is 17.2 Å². The van der Waals surface area contributed by atoms with Crippen LogP contribution in [-0.2, 0) is 19.4 Å². The van der Waals surface area contributed by atoms with Gasteiger partial charge in [-0.1, -0.05) is 0 Å². The molecule has 2 aromatic rings. The number of carbonyl (C=O) groups excluding carboxylic acids is 1. The average Bonchev–Trinajstić information content (AvgIpc) is 2.76. The van der Waals surface area contributed by atoms with Crippen molar-refractivity contribution in [3.63, 3.8) is 0 Å². The summed E-state index contributed by atoms with van der Waals surface area (Å²) in [6, 6.07) is 4.98. The molecule has 0 spiro atoms. The van der Waals surface area contributed by atoms with E-state index in [1.165, 1.54) is 4.68 Å². The molecule has 3 rings (SSSR count). The second kappa shape index (κ2) is 10.8. The number of hydrogen-bond donors (Lipinski definition) is 1. The third kappa shape index (κ3) is 5.57. The molecule has 1 amide bonds. The van der Waals surface area contributed by atoms with Crippen molar-refractivity contribution in [3.05, 3.63) is 45.4 Å². The minimum absolute atomic E-state index is 0.131. The molecule has 1 aliphatic rings. The maximum atomic E-state index is 12.8. The lowest BCUT2D eigenvalue weighted by Gasteiger charge is -2.17. The average molecular weight is 430 g/mol. The molecular weight excluding hydrogens is 398 g/mol. The van der Waals surface area contributed by atoms with Crippen LogP contribution in [-0.4, -0.2) is 42.1 Å². The molecule has 1 N–H and O–H groups in total. The second-order valence-corrected chi connectivity index (χ2v) is 7.24. The highest BCUT2D eigenvalue weighted by Crippen LogP contribution is 2.39. The van der Waals surface area contributed by atoms with Gasteiger partial charge < -0.3 is 19.5 Å². The van der Waals surface area contributed by atoms with E-state index >= 15 is 0 Å². The van der Waals surface area contributed by atoms with Gasteiger partial charge in [-0.3, -0.25) is 9.59 Å². The number of hydrogen-bond acceptors (Lipinski definition) is 6. The van der Waals surface area contributed by atoms with Crippen LogP contribution in [0.3, 0.4) is 0 Å². The smallest absolute Gasteiger partial charge is 0.267 e. The Morgan fingerprint density at radius 2 is 1.65 bits per heavy atom. The Bertz CT molecular complexity index is 943. The van der Waals surface area contributed by atoms with Crippen LogP contribution >= 0.6 is 0 Å². The molecule has 0 bridgehead atoms. The number of fused-ring (bicyclic) bond motifs is 1. The van der Waals surface area contributed by atoms with Gasteiger partial charge >= 0.3 is 0 Å². The number of aryl methyl sites for hydroxylation is 2. The Hall–Kier alpha value is -3.03. The Labute approximate surface area is 182 Å². The van der Waals surface area contributed by atoms with Crippen LogP contribution in [0.2, 0.25) is 0 Å². The molecular formula is C23H31N3O5. The SMILES string of the molecule is CCOc1cc(C(=O)NCCn2nc3c(cc2=O)CCCC3)cc(OCC)c1OCC. The topological polar surface area (TPSA) is 91.7 Å². The molecule has 0 saturated heterocycles. The van der Waals surface area contributed by atoms with Gasteiger partial charge in [-0.05, 0) is 64.2 Å². The van der Waals surface area contributed by atoms with Gasteiger partial charge in [-0.15, -0.1) is 0 Å². The van der Waals surface area contributed by atoms with Crippen molar-refractivity contribution in [1.82, 2.24) is 15.1 Å². The summed E-state index contributed by atoms with van der Waals surface area (Å²) in [6.45, 7) is 7.53. The summed E-state index contributed by atoms with van der Waals surface area (Å²) in [5.74, 6) is 1.14. The van der Waals surface area contributed by atoms with E-state index in [-0.39, 0.29) is 18.0 Å². The molecule has 1 aromatic carbocycles. The first-order valence-electron chi connectivity index (χ1n) is 11.0. The maximum Gasteiger partial charge on any atom is 0.267 e. The standard InChI is InChI=1S/C23H31N3O5/c1-4-29-19-13-17(14-20(30-5-2)22(19)31-6-3)23(28)24-11-12-26-21(27)15-16-9-7-8-10-18(16)25-26/h13-15H,4-12H2,1-3H3,(H,24,28). The molecule has 1 aliphatic carbocycles. The molecule has 0 fully saturated rings. The molecule has 1 aromatic heterocycles. The monoisotopic (exact) mass is 429 g/mol. The number of rotatable bonds is 10. The minimum Gasteiger partial charge on any atom is -0.490 e. The fraction of sp³-hybridized carbons (Fsp3) is 0.522. The second-order valence-electron chi connectivity index (χ2n) is 7.24. The summed E-state index contributed by atoms with van der Waals surface area (Å²) in [6.07, 6.45) is 4.01. The van der Waals surface area contributed by atoms with Gasteiger partial charge in [0.2, 0.25) is 5.75 Å². The van der Waals surface area contributed by atoms with Crippen LogP contribution in [0, 0.1) is 0 Å². The van der Waals surface area contributed by atoms with Crippen molar-refractivity contribution in [2.24, 2.45) is 0 Å². The molecule has 1 heterocycles. The highest BCUT2D eigenvalue weighted by atomic mass is 16.5. The van der Waals surface area contributed by atoms with Crippen LogP contribution in [0.1, 0.15) is 55.2 Å². The predicted octanol–water partition coefficient (Wildman–Crippen LogP) is 2.75. The fourth-order valence-corrected chi connectivity index (χ4v) is 3.66. The lowest BCUT2D eigenvalue weighted by atomic mass is 9.97. The van der Waals surface area contributed by atoms with Crippen molar-refractivity contribution in [2.75, 3.05) is 26.4 Å². The number of benzene rings is 1. The van der Waals surface area contributed by atoms with Crippen molar-refractivity contribution < 1.29 is 19.0 Å². The molecule has 31 heavy (non-hydrogen) atoms. The van der Waals surface area contributed by atoms with Crippen molar-refractivity contribution in [1.29, 1.82) is 0 Å². The molecule has 8 heteroatoms. The number of nitrogens with one attached hydrogen (secondary N) is 1. The Morgan fingerprint density at radius 3 is 2.29 bits per heavy atom. The zero-order valence-electron chi connectivity index (χ0n) is 18.5. The number of ether oxygens (including phenoxy) is 3. The van der Waals surface area contributed by atoms with E-state index in [2.05, 4.69) is 10.4 Å². The summed E-state index contributed by atoms with van der Waals surface area (Å²) < 4.78 is 18.4. The van der Waals surface area contributed by atoms with Crippen LogP contribution < -0.4 is 25.1 Å².